The van der Waals surface area contributed by atoms with Crippen molar-refractivity contribution in [2.75, 3.05) is 18.0 Å². The lowest BCUT2D eigenvalue weighted by Gasteiger charge is -2.29. The van der Waals surface area contributed by atoms with Crippen molar-refractivity contribution in [3.63, 3.8) is 0 Å². The highest BCUT2D eigenvalue weighted by atomic mass is 15.6. The van der Waals surface area contributed by atoms with E-state index in [0.29, 0.717) is 12.6 Å². The molecular weight excluding hydrogens is 252 g/mol. The standard InChI is InChI=1S/C14H20N6/c15-11-13-9-5-2-6-10-19(13)14-16-17-18-20(14)12-7-3-1-4-8-12/h1,3-4,7-8,13H,2,5-6,9-11,15H2. The van der Waals surface area contributed by atoms with E-state index in [9.17, 15) is 0 Å². The molecule has 2 heterocycles. The normalized spacial score (nSPS) is 19.9. The number of hydrogen-bond donors (Lipinski definition) is 1. The van der Waals surface area contributed by atoms with E-state index in [0.717, 1.165) is 31.0 Å². The van der Waals surface area contributed by atoms with Crippen molar-refractivity contribution in [1.82, 2.24) is 20.2 Å². The van der Waals surface area contributed by atoms with Gasteiger partial charge in [0.1, 0.15) is 0 Å². The Kier molecular flexibility index (Phi) is 3.92. The summed E-state index contributed by atoms with van der Waals surface area (Å²) >= 11 is 0. The van der Waals surface area contributed by atoms with Crippen LogP contribution in [0.3, 0.4) is 0 Å². The summed E-state index contributed by atoms with van der Waals surface area (Å²) in [6, 6.07) is 10.3. The lowest BCUT2D eigenvalue weighted by molar-refractivity contribution is 0.565. The summed E-state index contributed by atoms with van der Waals surface area (Å²) in [5, 5.41) is 12.2. The monoisotopic (exact) mass is 272 g/mol. The Balaban J connectivity index is 1.95. The summed E-state index contributed by atoms with van der Waals surface area (Å²) in [6.07, 6.45) is 4.75. The number of aromatic nitrogens is 4. The van der Waals surface area contributed by atoms with Gasteiger partial charge in [0.15, 0.2) is 0 Å². The molecule has 1 aliphatic rings. The summed E-state index contributed by atoms with van der Waals surface area (Å²) in [7, 11) is 0. The van der Waals surface area contributed by atoms with E-state index < -0.39 is 0 Å². The molecule has 20 heavy (non-hydrogen) atoms. The third-order valence-electron chi connectivity index (χ3n) is 3.86. The minimum absolute atomic E-state index is 0.325. The first kappa shape index (κ1) is 13.1. The van der Waals surface area contributed by atoms with Gasteiger partial charge in [0.05, 0.1) is 5.69 Å². The van der Waals surface area contributed by atoms with Gasteiger partial charge in [0.2, 0.25) is 0 Å². The second kappa shape index (κ2) is 6.00. The summed E-state index contributed by atoms with van der Waals surface area (Å²) in [5.41, 5.74) is 6.92. The molecule has 0 radical (unpaired) electrons. The molecule has 2 N–H and O–H groups in total. The average molecular weight is 272 g/mol. The van der Waals surface area contributed by atoms with Crippen molar-refractivity contribution in [3.8, 4) is 5.69 Å². The molecule has 0 saturated carbocycles. The fourth-order valence-electron chi connectivity index (χ4n) is 2.78. The minimum Gasteiger partial charge on any atom is -0.335 e. The van der Waals surface area contributed by atoms with Gasteiger partial charge < -0.3 is 10.6 Å². The molecular formula is C14H20N6. The quantitative estimate of drug-likeness (QED) is 0.913. The molecule has 0 amide bonds. The summed E-state index contributed by atoms with van der Waals surface area (Å²) in [4.78, 5) is 2.26. The van der Waals surface area contributed by atoms with Crippen LogP contribution in [0.25, 0.3) is 5.69 Å². The van der Waals surface area contributed by atoms with Crippen LogP contribution in [0.5, 0.6) is 0 Å². The van der Waals surface area contributed by atoms with E-state index in [1.807, 2.05) is 30.3 Å². The molecule has 1 aromatic heterocycles. The Morgan fingerprint density at radius 3 is 2.80 bits per heavy atom. The third kappa shape index (κ3) is 2.51. The maximum absolute atomic E-state index is 5.94. The molecule has 1 unspecified atom stereocenters. The molecule has 6 nitrogen and oxygen atoms in total. The topological polar surface area (TPSA) is 72.9 Å². The molecule has 0 aliphatic carbocycles. The fraction of sp³-hybridized carbons (Fsp3) is 0.500. The third-order valence-corrected chi connectivity index (χ3v) is 3.86. The van der Waals surface area contributed by atoms with Crippen LogP contribution in [0.1, 0.15) is 25.7 Å². The SMILES string of the molecule is NCC1CCCCCN1c1nnnn1-c1ccccc1. The van der Waals surface area contributed by atoms with E-state index in [1.165, 1.54) is 12.8 Å². The van der Waals surface area contributed by atoms with Crippen molar-refractivity contribution in [2.24, 2.45) is 5.73 Å². The minimum atomic E-state index is 0.325. The van der Waals surface area contributed by atoms with Crippen LogP contribution in [0.4, 0.5) is 5.95 Å². The molecule has 1 aliphatic heterocycles. The number of benzene rings is 1. The van der Waals surface area contributed by atoms with Crippen LogP contribution in [0.2, 0.25) is 0 Å². The van der Waals surface area contributed by atoms with Gasteiger partial charge in [-0.25, -0.2) is 0 Å². The number of hydrogen-bond acceptors (Lipinski definition) is 5. The van der Waals surface area contributed by atoms with Crippen molar-refractivity contribution in [2.45, 2.75) is 31.7 Å². The molecule has 1 atom stereocenters. The van der Waals surface area contributed by atoms with Crippen LogP contribution in [0.15, 0.2) is 30.3 Å². The largest absolute Gasteiger partial charge is 0.335 e. The second-order valence-electron chi connectivity index (χ2n) is 5.16. The van der Waals surface area contributed by atoms with Gasteiger partial charge >= 0.3 is 0 Å². The van der Waals surface area contributed by atoms with Gasteiger partial charge in [-0.05, 0) is 35.4 Å². The van der Waals surface area contributed by atoms with Crippen molar-refractivity contribution in [1.29, 1.82) is 0 Å². The number of anilines is 1. The highest BCUT2D eigenvalue weighted by Gasteiger charge is 2.25. The predicted molar refractivity (Wildman–Crippen MR) is 77.8 cm³/mol. The molecule has 3 rings (SSSR count). The Bertz CT molecular complexity index is 538. The van der Waals surface area contributed by atoms with Crippen molar-refractivity contribution in [3.05, 3.63) is 30.3 Å². The molecule has 2 aromatic rings. The zero-order chi connectivity index (χ0) is 13.8. The first-order chi connectivity index (χ1) is 9.90. The van der Waals surface area contributed by atoms with E-state index in [-0.39, 0.29) is 0 Å². The lowest BCUT2D eigenvalue weighted by atomic mass is 10.1. The highest BCUT2D eigenvalue weighted by molar-refractivity contribution is 5.41. The maximum atomic E-state index is 5.94. The first-order valence-electron chi connectivity index (χ1n) is 7.20. The van der Waals surface area contributed by atoms with Gasteiger partial charge in [-0.3, -0.25) is 0 Å². The summed E-state index contributed by atoms with van der Waals surface area (Å²) < 4.78 is 1.80. The number of nitrogens with zero attached hydrogens (tertiary/aromatic N) is 5. The van der Waals surface area contributed by atoms with Crippen LogP contribution >= 0.6 is 0 Å². The maximum Gasteiger partial charge on any atom is 0.250 e. The number of nitrogens with two attached hydrogens (primary N) is 1. The van der Waals surface area contributed by atoms with Crippen LogP contribution in [0, 0.1) is 0 Å². The molecule has 1 saturated heterocycles. The second-order valence-corrected chi connectivity index (χ2v) is 5.16. The van der Waals surface area contributed by atoms with E-state index in [4.69, 9.17) is 5.73 Å². The van der Waals surface area contributed by atoms with Gasteiger partial charge in [-0.2, -0.15) is 4.68 Å². The van der Waals surface area contributed by atoms with E-state index >= 15 is 0 Å². The lowest BCUT2D eigenvalue weighted by Crippen LogP contribution is -2.41. The molecule has 0 bridgehead atoms. The molecule has 1 aromatic carbocycles. The smallest absolute Gasteiger partial charge is 0.250 e. The first-order valence-corrected chi connectivity index (χ1v) is 7.20. The Hall–Kier alpha value is -1.95. The van der Waals surface area contributed by atoms with E-state index in [1.54, 1.807) is 4.68 Å². The fourth-order valence-corrected chi connectivity index (χ4v) is 2.78. The van der Waals surface area contributed by atoms with Crippen LogP contribution < -0.4 is 10.6 Å². The average Bonchev–Trinajstić information content (AvgIpc) is 2.86. The molecule has 106 valence electrons. The van der Waals surface area contributed by atoms with E-state index in [2.05, 4.69) is 20.4 Å². The van der Waals surface area contributed by atoms with Gasteiger partial charge in [0.25, 0.3) is 5.95 Å². The number of tetrazole rings is 1. The van der Waals surface area contributed by atoms with Crippen LogP contribution in [-0.4, -0.2) is 39.3 Å². The molecule has 0 spiro atoms. The Morgan fingerprint density at radius 1 is 1.15 bits per heavy atom. The zero-order valence-electron chi connectivity index (χ0n) is 11.5. The van der Waals surface area contributed by atoms with Gasteiger partial charge in [-0.15, -0.1) is 0 Å². The van der Waals surface area contributed by atoms with Gasteiger partial charge in [0, 0.05) is 19.1 Å². The van der Waals surface area contributed by atoms with Gasteiger partial charge in [-0.1, -0.05) is 36.1 Å². The number of rotatable bonds is 3. The molecule has 6 heteroatoms. The predicted octanol–water partition coefficient (Wildman–Crippen LogP) is 1.37. The zero-order valence-corrected chi connectivity index (χ0v) is 11.5. The summed E-state index contributed by atoms with van der Waals surface area (Å²) in [5.74, 6) is 0.800. The van der Waals surface area contributed by atoms with Crippen molar-refractivity contribution >= 4 is 5.95 Å². The highest BCUT2D eigenvalue weighted by Crippen LogP contribution is 2.23. The Labute approximate surface area is 118 Å². The Morgan fingerprint density at radius 2 is 2.00 bits per heavy atom. The van der Waals surface area contributed by atoms with Crippen molar-refractivity contribution < 1.29 is 0 Å². The number of para-hydroxylation sites is 1. The summed E-state index contributed by atoms with van der Waals surface area (Å²) in [6.45, 7) is 1.61. The molecule has 1 fully saturated rings. The van der Waals surface area contributed by atoms with Crippen LogP contribution in [-0.2, 0) is 0 Å².